The largest absolute Gasteiger partial charge is 0.416 e. The van der Waals surface area contributed by atoms with Crippen molar-refractivity contribution in [1.29, 1.82) is 0 Å². The van der Waals surface area contributed by atoms with E-state index in [-0.39, 0.29) is 12.4 Å². The van der Waals surface area contributed by atoms with Crippen LogP contribution < -0.4 is 5.43 Å². The SMILES string of the molecule is CSc1nc(Cl)c2c(n1)Sc1nnc(-c3cc(C)cc(C(F)(F)F)c3)n1NC2. The van der Waals surface area contributed by atoms with Crippen molar-refractivity contribution in [3.05, 3.63) is 40.0 Å². The van der Waals surface area contributed by atoms with Crippen molar-refractivity contribution in [2.24, 2.45) is 0 Å². The first-order valence-corrected chi connectivity index (χ1v) is 10.3. The van der Waals surface area contributed by atoms with Gasteiger partial charge in [0, 0.05) is 11.1 Å². The average molecular weight is 445 g/mol. The zero-order chi connectivity index (χ0) is 20.1. The molecular formula is C16H12ClF3N6S2. The zero-order valence-electron chi connectivity index (χ0n) is 14.5. The van der Waals surface area contributed by atoms with Crippen LogP contribution in [0.1, 0.15) is 16.7 Å². The molecule has 0 saturated heterocycles. The van der Waals surface area contributed by atoms with Gasteiger partial charge in [0.05, 0.1) is 12.1 Å². The van der Waals surface area contributed by atoms with Gasteiger partial charge in [-0.3, -0.25) is 0 Å². The van der Waals surface area contributed by atoms with E-state index >= 15 is 0 Å². The summed E-state index contributed by atoms with van der Waals surface area (Å²) in [5, 5.41) is 10.1. The Balaban J connectivity index is 1.78. The van der Waals surface area contributed by atoms with Gasteiger partial charge in [-0.1, -0.05) is 23.4 Å². The highest BCUT2D eigenvalue weighted by Gasteiger charge is 2.32. The normalized spacial score (nSPS) is 13.5. The Bertz CT molecular complexity index is 1070. The molecule has 0 radical (unpaired) electrons. The minimum absolute atomic E-state index is 0.277. The quantitative estimate of drug-likeness (QED) is 0.350. The van der Waals surface area contributed by atoms with Gasteiger partial charge in [0.2, 0.25) is 5.16 Å². The van der Waals surface area contributed by atoms with E-state index in [1.54, 1.807) is 17.7 Å². The Labute approximate surface area is 171 Å². The van der Waals surface area contributed by atoms with Gasteiger partial charge in [-0.2, -0.15) is 13.2 Å². The van der Waals surface area contributed by atoms with E-state index in [1.165, 1.54) is 23.5 Å². The van der Waals surface area contributed by atoms with Crippen LogP contribution in [0.2, 0.25) is 5.15 Å². The number of hydrogen-bond donors (Lipinski definition) is 1. The Morgan fingerprint density at radius 2 is 2.00 bits per heavy atom. The fourth-order valence-electron chi connectivity index (χ4n) is 2.73. The van der Waals surface area contributed by atoms with Gasteiger partial charge in [-0.25, -0.2) is 14.6 Å². The number of fused-ring (bicyclic) bond motifs is 2. The van der Waals surface area contributed by atoms with E-state index in [9.17, 15) is 13.2 Å². The summed E-state index contributed by atoms with van der Waals surface area (Å²) in [6.07, 6.45) is -2.60. The summed E-state index contributed by atoms with van der Waals surface area (Å²) in [4.78, 5) is 8.67. The van der Waals surface area contributed by atoms with Crippen LogP contribution in [0.25, 0.3) is 11.4 Å². The van der Waals surface area contributed by atoms with Crippen molar-refractivity contribution in [2.45, 2.75) is 35.0 Å². The van der Waals surface area contributed by atoms with Gasteiger partial charge in [0.1, 0.15) is 10.2 Å². The highest BCUT2D eigenvalue weighted by Crippen LogP contribution is 2.37. The number of halogens is 4. The molecule has 3 heterocycles. The van der Waals surface area contributed by atoms with Gasteiger partial charge >= 0.3 is 6.18 Å². The van der Waals surface area contributed by atoms with Gasteiger partial charge in [-0.05, 0) is 48.7 Å². The van der Waals surface area contributed by atoms with Gasteiger partial charge in [0.15, 0.2) is 11.0 Å². The van der Waals surface area contributed by atoms with Gasteiger partial charge in [0.25, 0.3) is 0 Å². The standard InChI is InChI=1S/C16H12ClF3N6S2/c1-7-3-8(5-9(4-7)16(18,19)20)12-24-25-15-26(12)21-6-10-11(17)22-14(27-2)23-13(10)28-15/h3-5,21H,6H2,1-2H3. The van der Waals surface area contributed by atoms with Crippen LogP contribution in [-0.2, 0) is 12.7 Å². The number of hydrogen-bond acceptors (Lipinski definition) is 7. The first-order valence-electron chi connectivity index (χ1n) is 7.93. The Kier molecular flexibility index (Phi) is 4.92. The highest BCUT2D eigenvalue weighted by atomic mass is 35.5. The molecule has 0 amide bonds. The number of alkyl halides is 3. The molecule has 0 saturated carbocycles. The molecule has 146 valence electrons. The molecule has 3 aromatic rings. The third kappa shape index (κ3) is 3.53. The molecular weight excluding hydrogens is 433 g/mol. The van der Waals surface area contributed by atoms with Crippen LogP contribution in [0.3, 0.4) is 0 Å². The lowest BCUT2D eigenvalue weighted by Crippen LogP contribution is -2.16. The van der Waals surface area contributed by atoms with Crippen LogP contribution in [0.4, 0.5) is 13.2 Å². The van der Waals surface area contributed by atoms with E-state index < -0.39 is 11.7 Å². The summed E-state index contributed by atoms with van der Waals surface area (Å²) in [5.74, 6) is 0.277. The minimum Gasteiger partial charge on any atom is -0.317 e. The molecule has 6 nitrogen and oxygen atoms in total. The van der Waals surface area contributed by atoms with E-state index in [4.69, 9.17) is 11.6 Å². The summed E-state index contributed by atoms with van der Waals surface area (Å²) in [6.45, 7) is 1.89. The second-order valence-corrected chi connectivity index (χ2v) is 8.04. The number of rotatable bonds is 2. The second-order valence-electron chi connectivity index (χ2n) is 5.95. The molecule has 1 aliphatic rings. The predicted molar refractivity (Wildman–Crippen MR) is 101 cm³/mol. The lowest BCUT2D eigenvalue weighted by Gasteiger charge is -2.12. The monoisotopic (exact) mass is 444 g/mol. The first kappa shape index (κ1) is 19.3. The first-order chi connectivity index (χ1) is 13.3. The molecule has 1 aromatic carbocycles. The molecule has 0 fully saturated rings. The number of nitrogens with zero attached hydrogens (tertiary/aromatic N) is 5. The lowest BCUT2D eigenvalue weighted by molar-refractivity contribution is -0.137. The van der Waals surface area contributed by atoms with Crippen LogP contribution >= 0.6 is 35.1 Å². The molecule has 0 unspecified atom stereocenters. The maximum Gasteiger partial charge on any atom is 0.416 e. The predicted octanol–water partition coefficient (Wildman–Crippen LogP) is 4.65. The van der Waals surface area contributed by atoms with Crippen molar-refractivity contribution in [2.75, 3.05) is 11.7 Å². The molecule has 0 spiro atoms. The molecule has 2 aromatic heterocycles. The molecule has 1 N–H and O–H groups in total. The summed E-state index contributed by atoms with van der Waals surface area (Å²) >= 11 is 8.86. The van der Waals surface area contributed by atoms with Crippen LogP contribution in [0.5, 0.6) is 0 Å². The molecule has 28 heavy (non-hydrogen) atoms. The summed E-state index contributed by atoms with van der Waals surface area (Å²) in [5.41, 5.74) is 3.85. The number of aryl methyl sites for hydroxylation is 1. The Morgan fingerprint density at radius 3 is 2.71 bits per heavy atom. The van der Waals surface area contributed by atoms with Crippen molar-refractivity contribution < 1.29 is 13.2 Å². The van der Waals surface area contributed by atoms with E-state index in [0.717, 1.165) is 12.1 Å². The third-order valence-corrected chi connectivity index (χ3v) is 5.82. The number of aromatic nitrogens is 5. The van der Waals surface area contributed by atoms with Crippen LogP contribution in [0.15, 0.2) is 33.5 Å². The van der Waals surface area contributed by atoms with Gasteiger partial charge in [-0.15, -0.1) is 10.2 Å². The van der Waals surface area contributed by atoms with E-state index in [0.29, 0.717) is 37.2 Å². The molecule has 1 aliphatic heterocycles. The maximum atomic E-state index is 13.2. The maximum absolute atomic E-state index is 13.2. The van der Waals surface area contributed by atoms with E-state index in [2.05, 4.69) is 25.6 Å². The fourth-order valence-corrected chi connectivity index (χ4v) is 4.42. The zero-order valence-corrected chi connectivity index (χ0v) is 16.9. The third-order valence-electron chi connectivity index (χ3n) is 3.98. The molecule has 0 bridgehead atoms. The lowest BCUT2D eigenvalue weighted by atomic mass is 10.1. The molecule has 0 aliphatic carbocycles. The number of nitrogens with one attached hydrogen (secondary N) is 1. The summed E-state index contributed by atoms with van der Waals surface area (Å²) < 4.78 is 41.1. The van der Waals surface area contributed by atoms with Crippen LogP contribution in [-0.4, -0.2) is 31.1 Å². The van der Waals surface area contributed by atoms with Gasteiger partial charge < -0.3 is 5.43 Å². The average Bonchev–Trinajstić information content (AvgIpc) is 2.92. The highest BCUT2D eigenvalue weighted by molar-refractivity contribution is 7.99. The number of benzene rings is 1. The summed E-state index contributed by atoms with van der Waals surface area (Å²) in [7, 11) is 0. The Hall–Kier alpha value is -1.98. The van der Waals surface area contributed by atoms with Crippen molar-refractivity contribution in [3.8, 4) is 11.4 Å². The fraction of sp³-hybridized carbons (Fsp3) is 0.250. The van der Waals surface area contributed by atoms with Crippen LogP contribution in [0, 0.1) is 6.92 Å². The minimum atomic E-state index is -4.45. The van der Waals surface area contributed by atoms with E-state index in [1.807, 2.05) is 6.26 Å². The topological polar surface area (TPSA) is 68.5 Å². The molecule has 12 heteroatoms. The smallest absolute Gasteiger partial charge is 0.317 e. The van der Waals surface area contributed by atoms with Crippen molar-refractivity contribution in [1.82, 2.24) is 24.8 Å². The molecule has 0 atom stereocenters. The summed E-state index contributed by atoms with van der Waals surface area (Å²) in [6, 6.07) is 3.79. The Morgan fingerprint density at radius 1 is 1.21 bits per heavy atom. The second kappa shape index (κ2) is 7.12. The van der Waals surface area contributed by atoms with Crippen molar-refractivity contribution >= 4 is 35.1 Å². The molecule has 4 rings (SSSR count). The van der Waals surface area contributed by atoms with Crippen molar-refractivity contribution in [3.63, 3.8) is 0 Å². The number of thioether (sulfide) groups is 1.